The van der Waals surface area contributed by atoms with Gasteiger partial charge < -0.3 is 5.73 Å². The summed E-state index contributed by atoms with van der Waals surface area (Å²) in [5.74, 6) is 0.930. The maximum absolute atomic E-state index is 5.84. The first kappa shape index (κ1) is 12.7. The molecule has 0 saturated carbocycles. The lowest BCUT2D eigenvalue weighted by atomic mass is 10.2. The molecular formula is C14H15N3S2. The third kappa shape index (κ3) is 2.54. The number of nitrogens with zero attached hydrogens (tertiary/aromatic N) is 2. The van der Waals surface area contributed by atoms with Gasteiger partial charge in [0.25, 0.3) is 0 Å². The number of imidazole rings is 1. The minimum Gasteiger partial charge on any atom is -0.325 e. The Kier molecular flexibility index (Phi) is 3.59. The Morgan fingerprint density at radius 2 is 2.32 bits per heavy atom. The fourth-order valence-electron chi connectivity index (χ4n) is 2.07. The van der Waals surface area contributed by atoms with Gasteiger partial charge in [0.1, 0.15) is 5.03 Å². The zero-order chi connectivity index (χ0) is 13.2. The number of aryl methyl sites for hydroxylation is 1. The number of thiazole rings is 1. The van der Waals surface area contributed by atoms with Gasteiger partial charge in [-0.15, -0.1) is 11.3 Å². The minimum atomic E-state index is 0.522. The van der Waals surface area contributed by atoms with Crippen LogP contribution in [-0.4, -0.2) is 9.38 Å². The normalized spacial score (nSPS) is 11.3. The number of benzene rings is 1. The number of hydrogen-bond donors (Lipinski definition) is 1. The van der Waals surface area contributed by atoms with Crippen LogP contribution in [0.15, 0.2) is 40.9 Å². The summed E-state index contributed by atoms with van der Waals surface area (Å²) in [7, 11) is 0. The van der Waals surface area contributed by atoms with E-state index in [1.54, 1.807) is 23.1 Å². The van der Waals surface area contributed by atoms with Crippen LogP contribution in [0.2, 0.25) is 0 Å². The molecule has 2 N–H and O–H groups in total. The second-order valence-electron chi connectivity index (χ2n) is 4.40. The summed E-state index contributed by atoms with van der Waals surface area (Å²) in [6.07, 6.45) is 2.03. The van der Waals surface area contributed by atoms with Gasteiger partial charge in [-0.05, 0) is 12.5 Å². The van der Waals surface area contributed by atoms with Crippen molar-refractivity contribution in [3.05, 3.63) is 52.7 Å². The largest absolute Gasteiger partial charge is 0.325 e. The molecule has 2 heterocycles. The van der Waals surface area contributed by atoms with Crippen LogP contribution in [0, 0.1) is 6.92 Å². The highest BCUT2D eigenvalue weighted by molar-refractivity contribution is 7.98. The molecule has 2 aromatic heterocycles. The monoisotopic (exact) mass is 289 g/mol. The smallest absolute Gasteiger partial charge is 0.194 e. The standard InChI is InChI=1S/C14H15N3S2/c1-10-3-2-4-11(7-10)9-19-13-12(8-15)17-5-6-18-14(17)16-13/h2-7H,8-9,15H2,1H3. The first-order valence-corrected chi connectivity index (χ1v) is 7.97. The van der Waals surface area contributed by atoms with E-state index in [1.807, 2.05) is 11.6 Å². The summed E-state index contributed by atoms with van der Waals surface area (Å²) < 4.78 is 2.09. The lowest BCUT2D eigenvalue weighted by Crippen LogP contribution is -2.01. The van der Waals surface area contributed by atoms with Crippen LogP contribution in [0.25, 0.3) is 4.96 Å². The number of hydrogen-bond acceptors (Lipinski definition) is 4. The maximum Gasteiger partial charge on any atom is 0.194 e. The lowest BCUT2D eigenvalue weighted by molar-refractivity contribution is 0.924. The zero-order valence-corrected chi connectivity index (χ0v) is 12.3. The Labute approximate surface area is 120 Å². The topological polar surface area (TPSA) is 43.3 Å². The molecule has 0 bridgehead atoms. The van der Waals surface area contributed by atoms with Gasteiger partial charge in [-0.25, -0.2) is 4.98 Å². The first-order chi connectivity index (χ1) is 9.28. The number of thioether (sulfide) groups is 1. The molecule has 0 atom stereocenters. The maximum atomic E-state index is 5.84. The van der Waals surface area contributed by atoms with Crippen LogP contribution in [0.3, 0.4) is 0 Å². The minimum absolute atomic E-state index is 0.522. The molecule has 98 valence electrons. The molecule has 0 aliphatic heterocycles. The Bertz CT molecular complexity index is 700. The van der Waals surface area contributed by atoms with Crippen molar-refractivity contribution in [1.29, 1.82) is 0 Å². The number of fused-ring (bicyclic) bond motifs is 1. The molecule has 5 heteroatoms. The molecule has 0 saturated heterocycles. The summed E-state index contributed by atoms with van der Waals surface area (Å²) in [5.41, 5.74) is 9.57. The van der Waals surface area contributed by atoms with E-state index in [2.05, 4.69) is 40.6 Å². The SMILES string of the molecule is Cc1cccc(CSc2nc3sccn3c2CN)c1. The van der Waals surface area contributed by atoms with Crippen molar-refractivity contribution in [2.24, 2.45) is 5.73 Å². The second kappa shape index (κ2) is 5.36. The average Bonchev–Trinajstić information content (AvgIpc) is 2.96. The van der Waals surface area contributed by atoms with Crippen molar-refractivity contribution in [1.82, 2.24) is 9.38 Å². The summed E-state index contributed by atoms with van der Waals surface area (Å²) in [4.78, 5) is 5.67. The van der Waals surface area contributed by atoms with E-state index < -0.39 is 0 Å². The van der Waals surface area contributed by atoms with Gasteiger partial charge in [0.2, 0.25) is 0 Å². The molecule has 0 aliphatic rings. The molecule has 0 unspecified atom stereocenters. The van der Waals surface area contributed by atoms with Crippen LogP contribution < -0.4 is 5.73 Å². The molecule has 1 aromatic carbocycles. The Balaban J connectivity index is 1.83. The van der Waals surface area contributed by atoms with Gasteiger partial charge in [-0.2, -0.15) is 0 Å². The number of aromatic nitrogens is 2. The van der Waals surface area contributed by atoms with E-state index >= 15 is 0 Å². The zero-order valence-electron chi connectivity index (χ0n) is 10.7. The average molecular weight is 289 g/mol. The predicted molar refractivity (Wildman–Crippen MR) is 81.7 cm³/mol. The van der Waals surface area contributed by atoms with E-state index in [-0.39, 0.29) is 0 Å². The van der Waals surface area contributed by atoms with Gasteiger partial charge in [-0.3, -0.25) is 4.40 Å². The predicted octanol–water partition coefficient (Wildman–Crippen LogP) is 3.46. The third-order valence-corrected chi connectivity index (χ3v) is 4.81. The van der Waals surface area contributed by atoms with Crippen LogP contribution in [0.5, 0.6) is 0 Å². The van der Waals surface area contributed by atoms with Crippen LogP contribution in [0.1, 0.15) is 16.8 Å². The first-order valence-electron chi connectivity index (χ1n) is 6.11. The molecule has 0 fully saturated rings. The quantitative estimate of drug-likeness (QED) is 0.748. The number of nitrogens with two attached hydrogens (primary N) is 1. The van der Waals surface area contributed by atoms with E-state index in [9.17, 15) is 0 Å². The van der Waals surface area contributed by atoms with Crippen molar-refractivity contribution in [3.63, 3.8) is 0 Å². The molecule has 3 rings (SSSR count). The molecule has 3 aromatic rings. The third-order valence-electron chi connectivity index (χ3n) is 2.98. The highest BCUT2D eigenvalue weighted by Gasteiger charge is 2.12. The second-order valence-corrected chi connectivity index (χ2v) is 6.24. The molecular weight excluding hydrogens is 274 g/mol. The van der Waals surface area contributed by atoms with E-state index in [1.165, 1.54) is 11.1 Å². The van der Waals surface area contributed by atoms with Crippen LogP contribution in [0.4, 0.5) is 0 Å². The van der Waals surface area contributed by atoms with Gasteiger partial charge in [0.15, 0.2) is 4.96 Å². The van der Waals surface area contributed by atoms with Crippen molar-refractivity contribution in [3.8, 4) is 0 Å². The fraction of sp³-hybridized carbons (Fsp3) is 0.214. The summed E-state index contributed by atoms with van der Waals surface area (Å²) in [6.45, 7) is 2.64. The molecule has 0 radical (unpaired) electrons. The highest BCUT2D eigenvalue weighted by Crippen LogP contribution is 2.28. The lowest BCUT2D eigenvalue weighted by Gasteiger charge is -2.03. The fourth-order valence-corrected chi connectivity index (χ4v) is 3.84. The Morgan fingerprint density at radius 3 is 3.11 bits per heavy atom. The van der Waals surface area contributed by atoms with Gasteiger partial charge >= 0.3 is 0 Å². The van der Waals surface area contributed by atoms with Crippen molar-refractivity contribution in [2.75, 3.05) is 0 Å². The van der Waals surface area contributed by atoms with Gasteiger partial charge in [-0.1, -0.05) is 41.6 Å². The van der Waals surface area contributed by atoms with E-state index in [0.29, 0.717) is 6.54 Å². The molecule has 0 aliphatic carbocycles. The summed E-state index contributed by atoms with van der Waals surface area (Å²) in [5, 5.41) is 3.09. The van der Waals surface area contributed by atoms with Gasteiger partial charge in [0, 0.05) is 23.9 Å². The van der Waals surface area contributed by atoms with Gasteiger partial charge in [0.05, 0.1) is 5.69 Å². The van der Waals surface area contributed by atoms with E-state index in [0.717, 1.165) is 21.4 Å². The number of rotatable bonds is 4. The summed E-state index contributed by atoms with van der Waals surface area (Å²) in [6, 6.07) is 8.58. The highest BCUT2D eigenvalue weighted by atomic mass is 32.2. The van der Waals surface area contributed by atoms with Crippen LogP contribution >= 0.6 is 23.1 Å². The molecule has 0 amide bonds. The van der Waals surface area contributed by atoms with E-state index in [4.69, 9.17) is 5.73 Å². The van der Waals surface area contributed by atoms with Crippen molar-refractivity contribution < 1.29 is 0 Å². The molecule has 0 spiro atoms. The van der Waals surface area contributed by atoms with Crippen molar-refractivity contribution in [2.45, 2.75) is 24.2 Å². The Hall–Kier alpha value is -1.30. The van der Waals surface area contributed by atoms with Crippen molar-refractivity contribution >= 4 is 28.1 Å². The van der Waals surface area contributed by atoms with Crippen LogP contribution in [-0.2, 0) is 12.3 Å². The molecule has 19 heavy (non-hydrogen) atoms. The summed E-state index contributed by atoms with van der Waals surface area (Å²) >= 11 is 3.40. The molecule has 3 nitrogen and oxygen atoms in total. The Morgan fingerprint density at radius 1 is 1.42 bits per heavy atom.